The quantitative estimate of drug-likeness (QED) is 0.513. The molecule has 0 radical (unpaired) electrons. The van der Waals surface area contributed by atoms with Gasteiger partial charge < -0.3 is 14.2 Å². The van der Waals surface area contributed by atoms with E-state index in [9.17, 15) is 10.1 Å². The van der Waals surface area contributed by atoms with Gasteiger partial charge in [0, 0.05) is 23.4 Å². The summed E-state index contributed by atoms with van der Waals surface area (Å²) in [5.74, 6) is 0.779. The van der Waals surface area contributed by atoms with E-state index < -0.39 is 4.92 Å². The van der Waals surface area contributed by atoms with Crippen LogP contribution in [0.3, 0.4) is 0 Å². The third-order valence-electron chi connectivity index (χ3n) is 4.11. The molecule has 1 unspecified atom stereocenters. The molecular weight excluding hydrogens is 344 g/mol. The molecule has 0 fully saturated rings. The number of fused-ring (bicyclic) bond motifs is 2. The summed E-state index contributed by atoms with van der Waals surface area (Å²) >= 11 is 0. The number of hydrogen-bond donors (Lipinski definition) is 0. The molecule has 0 spiro atoms. The van der Waals surface area contributed by atoms with Gasteiger partial charge in [-0.15, -0.1) is 0 Å². The highest BCUT2D eigenvalue weighted by atomic mass is 16.7. The first-order valence-electron chi connectivity index (χ1n) is 7.82. The van der Waals surface area contributed by atoms with Gasteiger partial charge in [-0.3, -0.25) is 15.1 Å². The van der Waals surface area contributed by atoms with E-state index in [2.05, 4.69) is 19.9 Å². The highest BCUT2D eigenvalue weighted by molar-refractivity contribution is 5.88. The first-order chi connectivity index (χ1) is 12.5. The van der Waals surface area contributed by atoms with E-state index in [1.165, 1.54) is 12.1 Å². The van der Waals surface area contributed by atoms with Gasteiger partial charge in [0.25, 0.3) is 0 Å². The van der Waals surface area contributed by atoms with Crippen molar-refractivity contribution in [1.29, 1.82) is 0 Å². The third-order valence-corrected chi connectivity index (χ3v) is 4.11. The van der Waals surface area contributed by atoms with E-state index in [1.54, 1.807) is 13.1 Å². The molecule has 3 heterocycles. The van der Waals surface area contributed by atoms with Gasteiger partial charge in [0.1, 0.15) is 0 Å². The minimum atomic E-state index is -0.551. The maximum atomic E-state index is 11.1. The summed E-state index contributed by atoms with van der Waals surface area (Å²) < 4.78 is 21.9. The molecule has 1 aromatic carbocycles. The normalized spacial score (nSPS) is 16.9. The van der Waals surface area contributed by atoms with E-state index in [-0.39, 0.29) is 28.8 Å². The van der Waals surface area contributed by atoms with Crippen molar-refractivity contribution >= 4 is 16.7 Å². The number of pyridine rings is 1. The predicted molar refractivity (Wildman–Crippen MR) is 86.5 cm³/mol. The molecule has 1 aliphatic heterocycles. The maximum Gasteiger partial charge on any atom is 0.301 e. The Morgan fingerprint density at radius 2 is 2.00 bits per heavy atom. The Morgan fingerprint density at radius 3 is 2.81 bits per heavy atom. The SMILES string of the molecule is Cc1ncc2c(c1Oc1ccc([N+](=O)[O-])c3nonc13)COC(C)OC2. The number of nitro benzene ring substituents is 1. The topological polar surface area (TPSA) is 123 Å². The van der Waals surface area contributed by atoms with Gasteiger partial charge in [-0.2, -0.15) is 0 Å². The van der Waals surface area contributed by atoms with Crippen molar-refractivity contribution in [2.75, 3.05) is 0 Å². The van der Waals surface area contributed by atoms with E-state index in [4.69, 9.17) is 14.2 Å². The van der Waals surface area contributed by atoms with E-state index in [0.29, 0.717) is 24.7 Å². The largest absolute Gasteiger partial charge is 0.453 e. The Bertz CT molecular complexity index is 1000. The smallest absolute Gasteiger partial charge is 0.301 e. The number of aryl methyl sites for hydroxylation is 1. The molecule has 10 nitrogen and oxygen atoms in total. The second-order valence-electron chi connectivity index (χ2n) is 5.77. The Hall–Kier alpha value is -3.11. The Balaban J connectivity index is 1.79. The molecule has 4 rings (SSSR count). The van der Waals surface area contributed by atoms with Crippen LogP contribution in [0.25, 0.3) is 11.0 Å². The van der Waals surface area contributed by atoms with Crippen molar-refractivity contribution in [3.8, 4) is 11.5 Å². The van der Waals surface area contributed by atoms with E-state index in [1.807, 2.05) is 6.92 Å². The fraction of sp³-hybridized carbons (Fsp3) is 0.312. The molecule has 0 aliphatic carbocycles. The van der Waals surface area contributed by atoms with Gasteiger partial charge in [-0.1, -0.05) is 0 Å². The van der Waals surface area contributed by atoms with Gasteiger partial charge in [0.05, 0.1) is 23.8 Å². The van der Waals surface area contributed by atoms with Crippen molar-refractivity contribution in [1.82, 2.24) is 15.3 Å². The lowest BCUT2D eigenvalue weighted by molar-refractivity contribution is -0.383. The second kappa shape index (κ2) is 6.32. The number of nitrogens with zero attached hydrogens (tertiary/aromatic N) is 4. The van der Waals surface area contributed by atoms with E-state index >= 15 is 0 Å². The van der Waals surface area contributed by atoms with Crippen LogP contribution in [0.5, 0.6) is 11.5 Å². The van der Waals surface area contributed by atoms with Crippen molar-refractivity contribution in [3.05, 3.63) is 45.3 Å². The standard InChI is InChI=1S/C16H14N4O6/c1-8-16(11-7-24-9(2)23-6-10(11)5-17-8)25-13-4-3-12(20(21)22)14-15(13)19-26-18-14/h3-5,9H,6-7H2,1-2H3. The molecule has 10 heteroatoms. The lowest BCUT2D eigenvalue weighted by Gasteiger charge is -2.14. The summed E-state index contributed by atoms with van der Waals surface area (Å²) in [6.07, 6.45) is 1.38. The number of ether oxygens (including phenoxy) is 3. The summed E-state index contributed by atoms with van der Waals surface area (Å²) in [6.45, 7) is 4.26. The van der Waals surface area contributed by atoms with Crippen LogP contribution in [-0.2, 0) is 22.7 Å². The number of benzene rings is 1. The molecule has 3 aromatic rings. The fourth-order valence-electron chi connectivity index (χ4n) is 2.72. The molecule has 2 aromatic heterocycles. The third kappa shape index (κ3) is 2.74. The number of aromatic nitrogens is 3. The highest BCUT2D eigenvalue weighted by Gasteiger charge is 2.24. The van der Waals surface area contributed by atoms with Crippen molar-refractivity contribution in [3.63, 3.8) is 0 Å². The van der Waals surface area contributed by atoms with Gasteiger partial charge in [-0.05, 0) is 30.2 Å². The van der Waals surface area contributed by atoms with Crippen LogP contribution in [0.15, 0.2) is 23.0 Å². The van der Waals surface area contributed by atoms with Crippen LogP contribution in [0.1, 0.15) is 23.7 Å². The molecule has 0 saturated heterocycles. The minimum absolute atomic E-state index is 0.0216. The van der Waals surface area contributed by atoms with Gasteiger partial charge in [0.15, 0.2) is 23.3 Å². The summed E-state index contributed by atoms with van der Waals surface area (Å²) in [4.78, 5) is 14.9. The zero-order valence-corrected chi connectivity index (χ0v) is 14.0. The van der Waals surface area contributed by atoms with Gasteiger partial charge in [0.2, 0.25) is 5.52 Å². The fourth-order valence-corrected chi connectivity index (χ4v) is 2.72. The lowest BCUT2D eigenvalue weighted by atomic mass is 10.1. The number of non-ortho nitro benzene ring substituents is 1. The Kier molecular flexibility index (Phi) is 3.98. The zero-order chi connectivity index (χ0) is 18.3. The number of nitro groups is 1. The number of rotatable bonds is 3. The van der Waals surface area contributed by atoms with Crippen LogP contribution >= 0.6 is 0 Å². The van der Waals surface area contributed by atoms with Crippen LogP contribution in [0, 0.1) is 17.0 Å². The maximum absolute atomic E-state index is 11.1. The van der Waals surface area contributed by atoms with Crippen molar-refractivity contribution in [2.24, 2.45) is 0 Å². The molecule has 26 heavy (non-hydrogen) atoms. The second-order valence-corrected chi connectivity index (χ2v) is 5.77. The average molecular weight is 358 g/mol. The van der Waals surface area contributed by atoms with Crippen LogP contribution in [-0.4, -0.2) is 26.5 Å². The number of hydrogen-bond acceptors (Lipinski definition) is 9. The molecule has 1 aliphatic rings. The summed E-state index contributed by atoms with van der Waals surface area (Å²) in [5, 5.41) is 18.5. The van der Waals surface area contributed by atoms with Crippen molar-refractivity contribution in [2.45, 2.75) is 33.4 Å². The molecule has 0 amide bonds. The van der Waals surface area contributed by atoms with Gasteiger partial charge >= 0.3 is 5.69 Å². The lowest BCUT2D eigenvalue weighted by Crippen LogP contribution is -2.08. The van der Waals surface area contributed by atoms with E-state index in [0.717, 1.165) is 11.1 Å². The van der Waals surface area contributed by atoms with Crippen LogP contribution in [0.2, 0.25) is 0 Å². The molecular formula is C16H14N4O6. The first kappa shape index (κ1) is 16.4. The van der Waals surface area contributed by atoms with Crippen LogP contribution in [0.4, 0.5) is 5.69 Å². The summed E-state index contributed by atoms with van der Waals surface area (Å²) in [6, 6.07) is 2.76. The molecule has 0 bridgehead atoms. The van der Waals surface area contributed by atoms with Crippen molar-refractivity contribution < 1.29 is 23.8 Å². The molecule has 1 atom stereocenters. The molecule has 0 N–H and O–H groups in total. The van der Waals surface area contributed by atoms with Gasteiger partial charge in [-0.25, -0.2) is 4.63 Å². The predicted octanol–water partition coefficient (Wildman–Crippen LogP) is 3.02. The monoisotopic (exact) mass is 358 g/mol. The average Bonchev–Trinajstić information content (AvgIpc) is 3.03. The molecule has 134 valence electrons. The molecule has 0 saturated carbocycles. The highest BCUT2D eigenvalue weighted by Crippen LogP contribution is 2.37. The minimum Gasteiger partial charge on any atom is -0.453 e. The van der Waals surface area contributed by atoms with Crippen LogP contribution < -0.4 is 4.74 Å². The summed E-state index contributed by atoms with van der Waals surface area (Å²) in [7, 11) is 0. The zero-order valence-electron chi connectivity index (χ0n) is 14.0. The Labute approximate surface area is 146 Å². The Morgan fingerprint density at radius 1 is 1.23 bits per heavy atom. The summed E-state index contributed by atoms with van der Waals surface area (Å²) in [5.41, 5.74) is 2.28. The first-order valence-corrected chi connectivity index (χ1v) is 7.82.